The second-order valence-electron chi connectivity index (χ2n) is 5.09. The Bertz CT molecular complexity index is 567. The Labute approximate surface area is 110 Å². The standard InChI is InChI=1S/C13H18N2O4/c16-11-10(12(17)18)8-15(13(19)14-11)7-3-6-9-4-1-2-5-9/h8-9H,1-7H2,(H,17,18)(H,14,16,19). The first-order valence-electron chi connectivity index (χ1n) is 6.65. The SMILES string of the molecule is O=C(O)c1cn(CCCC2CCCC2)c(=O)[nH]c1=O. The minimum Gasteiger partial charge on any atom is -0.477 e. The third kappa shape index (κ3) is 3.33. The summed E-state index contributed by atoms with van der Waals surface area (Å²) in [6, 6.07) is 0. The number of H-pyrrole nitrogens is 1. The van der Waals surface area contributed by atoms with E-state index in [1.807, 2.05) is 4.98 Å². The van der Waals surface area contributed by atoms with Crippen LogP contribution < -0.4 is 11.2 Å². The van der Waals surface area contributed by atoms with Gasteiger partial charge in [0.1, 0.15) is 5.56 Å². The molecule has 0 bridgehead atoms. The predicted octanol–water partition coefficient (Wildman–Crippen LogP) is 1.21. The normalized spacial score (nSPS) is 15.8. The summed E-state index contributed by atoms with van der Waals surface area (Å²) < 4.78 is 1.28. The minimum atomic E-state index is -1.31. The molecule has 2 rings (SSSR count). The molecular formula is C13H18N2O4. The molecule has 6 heteroatoms. The molecule has 2 N–H and O–H groups in total. The highest BCUT2D eigenvalue weighted by Gasteiger charge is 2.15. The van der Waals surface area contributed by atoms with Crippen LogP contribution in [0.3, 0.4) is 0 Å². The lowest BCUT2D eigenvalue weighted by atomic mass is 10.0. The van der Waals surface area contributed by atoms with E-state index in [2.05, 4.69) is 0 Å². The summed E-state index contributed by atoms with van der Waals surface area (Å²) >= 11 is 0. The number of nitrogens with one attached hydrogen (secondary N) is 1. The molecule has 0 spiro atoms. The Kier molecular flexibility index (Phi) is 4.19. The van der Waals surface area contributed by atoms with Crippen molar-refractivity contribution in [1.29, 1.82) is 0 Å². The van der Waals surface area contributed by atoms with Crippen LogP contribution in [-0.4, -0.2) is 20.6 Å². The largest absolute Gasteiger partial charge is 0.477 e. The summed E-state index contributed by atoms with van der Waals surface area (Å²) in [7, 11) is 0. The fraction of sp³-hybridized carbons (Fsp3) is 0.615. The van der Waals surface area contributed by atoms with Gasteiger partial charge in [0, 0.05) is 12.7 Å². The number of nitrogens with zero attached hydrogens (tertiary/aromatic N) is 1. The highest BCUT2D eigenvalue weighted by molar-refractivity contribution is 5.86. The average Bonchev–Trinajstić information content (AvgIpc) is 2.84. The zero-order chi connectivity index (χ0) is 13.8. The van der Waals surface area contributed by atoms with E-state index in [0.717, 1.165) is 25.0 Å². The molecule has 1 saturated carbocycles. The van der Waals surface area contributed by atoms with E-state index in [4.69, 9.17) is 5.11 Å². The van der Waals surface area contributed by atoms with Gasteiger partial charge in [-0.1, -0.05) is 25.7 Å². The number of aromatic amines is 1. The molecule has 0 aromatic carbocycles. The Morgan fingerprint density at radius 2 is 2.05 bits per heavy atom. The lowest BCUT2D eigenvalue weighted by Gasteiger charge is -2.09. The van der Waals surface area contributed by atoms with Crippen LogP contribution in [0, 0.1) is 5.92 Å². The summed E-state index contributed by atoms with van der Waals surface area (Å²) in [6.07, 6.45) is 8.09. The number of carbonyl (C=O) groups is 1. The Morgan fingerprint density at radius 3 is 2.68 bits per heavy atom. The number of carboxylic acid groups (broad SMARTS) is 1. The highest BCUT2D eigenvalue weighted by atomic mass is 16.4. The second-order valence-corrected chi connectivity index (χ2v) is 5.09. The van der Waals surface area contributed by atoms with E-state index in [1.54, 1.807) is 0 Å². The van der Waals surface area contributed by atoms with Crippen LogP contribution in [0.1, 0.15) is 48.9 Å². The smallest absolute Gasteiger partial charge is 0.342 e. The van der Waals surface area contributed by atoms with Gasteiger partial charge in [-0.2, -0.15) is 0 Å². The lowest BCUT2D eigenvalue weighted by Crippen LogP contribution is -2.33. The zero-order valence-electron chi connectivity index (χ0n) is 10.7. The molecule has 6 nitrogen and oxygen atoms in total. The number of aryl methyl sites for hydroxylation is 1. The van der Waals surface area contributed by atoms with Crippen molar-refractivity contribution >= 4 is 5.97 Å². The van der Waals surface area contributed by atoms with E-state index in [1.165, 1.54) is 30.3 Å². The van der Waals surface area contributed by atoms with E-state index < -0.39 is 17.2 Å². The fourth-order valence-electron chi connectivity index (χ4n) is 2.68. The predicted molar refractivity (Wildman–Crippen MR) is 69.5 cm³/mol. The van der Waals surface area contributed by atoms with Crippen molar-refractivity contribution in [3.8, 4) is 0 Å². The topological polar surface area (TPSA) is 92.2 Å². The number of carboxylic acids is 1. The monoisotopic (exact) mass is 266 g/mol. The van der Waals surface area contributed by atoms with Gasteiger partial charge < -0.3 is 5.11 Å². The van der Waals surface area contributed by atoms with Gasteiger partial charge in [0.05, 0.1) is 0 Å². The van der Waals surface area contributed by atoms with Gasteiger partial charge >= 0.3 is 11.7 Å². The molecule has 1 aliphatic carbocycles. The Hall–Kier alpha value is -1.85. The van der Waals surface area contributed by atoms with E-state index >= 15 is 0 Å². The number of hydrogen-bond donors (Lipinski definition) is 2. The molecule has 0 amide bonds. The fourth-order valence-corrected chi connectivity index (χ4v) is 2.68. The van der Waals surface area contributed by atoms with Crippen LogP contribution >= 0.6 is 0 Å². The third-order valence-corrected chi connectivity index (χ3v) is 3.73. The van der Waals surface area contributed by atoms with Crippen LogP contribution in [0.4, 0.5) is 0 Å². The van der Waals surface area contributed by atoms with Crippen molar-refractivity contribution in [3.63, 3.8) is 0 Å². The molecule has 0 unspecified atom stereocenters. The minimum absolute atomic E-state index is 0.388. The van der Waals surface area contributed by atoms with Crippen LogP contribution in [0.15, 0.2) is 15.8 Å². The van der Waals surface area contributed by atoms with Gasteiger partial charge in [0.25, 0.3) is 5.56 Å². The van der Waals surface area contributed by atoms with E-state index in [9.17, 15) is 14.4 Å². The summed E-state index contributed by atoms with van der Waals surface area (Å²) in [5.74, 6) is -0.580. The molecule has 1 fully saturated rings. The number of rotatable bonds is 5. The van der Waals surface area contributed by atoms with Crippen molar-refractivity contribution in [3.05, 3.63) is 32.6 Å². The first-order valence-corrected chi connectivity index (χ1v) is 6.65. The van der Waals surface area contributed by atoms with Crippen molar-refractivity contribution < 1.29 is 9.90 Å². The number of hydrogen-bond acceptors (Lipinski definition) is 3. The van der Waals surface area contributed by atoms with Gasteiger partial charge in [0.15, 0.2) is 0 Å². The van der Waals surface area contributed by atoms with Gasteiger partial charge in [-0.15, -0.1) is 0 Å². The molecule has 0 atom stereocenters. The van der Waals surface area contributed by atoms with Crippen LogP contribution in [0.2, 0.25) is 0 Å². The van der Waals surface area contributed by atoms with Crippen LogP contribution in [0.25, 0.3) is 0 Å². The molecule has 0 saturated heterocycles. The molecule has 1 aromatic rings. The molecule has 0 radical (unpaired) electrons. The van der Waals surface area contributed by atoms with Crippen molar-refractivity contribution in [1.82, 2.24) is 9.55 Å². The quantitative estimate of drug-likeness (QED) is 0.837. The van der Waals surface area contributed by atoms with Crippen molar-refractivity contribution in [2.75, 3.05) is 0 Å². The summed E-state index contributed by atoms with van der Waals surface area (Å²) in [4.78, 5) is 35.7. The Balaban J connectivity index is 2.03. The van der Waals surface area contributed by atoms with Gasteiger partial charge in [-0.05, 0) is 18.8 Å². The highest BCUT2D eigenvalue weighted by Crippen LogP contribution is 2.28. The van der Waals surface area contributed by atoms with Crippen molar-refractivity contribution in [2.45, 2.75) is 45.1 Å². The van der Waals surface area contributed by atoms with Crippen LogP contribution in [-0.2, 0) is 6.54 Å². The maximum atomic E-state index is 11.6. The van der Waals surface area contributed by atoms with Gasteiger partial charge in [-0.3, -0.25) is 14.3 Å². The van der Waals surface area contributed by atoms with Gasteiger partial charge in [-0.25, -0.2) is 9.59 Å². The van der Waals surface area contributed by atoms with Crippen LogP contribution in [0.5, 0.6) is 0 Å². The zero-order valence-corrected chi connectivity index (χ0v) is 10.7. The number of aromatic nitrogens is 2. The molecule has 1 heterocycles. The van der Waals surface area contributed by atoms with Crippen molar-refractivity contribution in [2.24, 2.45) is 5.92 Å². The van der Waals surface area contributed by atoms with E-state index in [-0.39, 0.29) is 5.56 Å². The Morgan fingerprint density at radius 1 is 1.37 bits per heavy atom. The molecule has 19 heavy (non-hydrogen) atoms. The lowest BCUT2D eigenvalue weighted by molar-refractivity contribution is 0.0693. The second kappa shape index (κ2) is 5.86. The third-order valence-electron chi connectivity index (χ3n) is 3.73. The maximum absolute atomic E-state index is 11.6. The average molecular weight is 266 g/mol. The first kappa shape index (κ1) is 13.6. The molecule has 1 aromatic heterocycles. The molecular weight excluding hydrogens is 248 g/mol. The summed E-state index contributed by atoms with van der Waals surface area (Å²) in [5, 5.41) is 8.84. The number of aromatic carboxylic acids is 1. The van der Waals surface area contributed by atoms with E-state index in [0.29, 0.717) is 6.54 Å². The first-order chi connectivity index (χ1) is 9.08. The molecule has 0 aliphatic heterocycles. The van der Waals surface area contributed by atoms with Gasteiger partial charge in [0.2, 0.25) is 0 Å². The maximum Gasteiger partial charge on any atom is 0.342 e. The molecule has 104 valence electrons. The molecule has 1 aliphatic rings. The summed E-state index contributed by atoms with van der Waals surface area (Å²) in [5.41, 5.74) is -1.77. The summed E-state index contributed by atoms with van der Waals surface area (Å²) in [6.45, 7) is 0.451.